The number of Topliss-reactive ketones (excluding diaryl/α,β-unsaturated/α-hetero) is 2. The first-order chi connectivity index (χ1) is 9.51. The molecule has 3 fully saturated rings. The molecule has 0 amide bonds. The first kappa shape index (κ1) is 21.6. The number of carbonyl (C=O) groups excluding carboxylic acids is 2. The third kappa shape index (κ3) is 4.43. The van der Waals surface area contributed by atoms with Crippen LogP contribution in [-0.4, -0.2) is 11.6 Å². The van der Waals surface area contributed by atoms with Crippen molar-refractivity contribution < 1.29 is 9.59 Å². The summed E-state index contributed by atoms with van der Waals surface area (Å²) in [5.74, 6) is 0.684. The molecule has 2 nitrogen and oxygen atoms in total. The lowest BCUT2D eigenvalue weighted by Gasteiger charge is -2.51. The van der Waals surface area contributed by atoms with Gasteiger partial charge in [-0.1, -0.05) is 41.5 Å². The summed E-state index contributed by atoms with van der Waals surface area (Å²) in [6, 6.07) is 0. The fourth-order valence-electron chi connectivity index (χ4n) is 3.24. The molecule has 3 saturated carbocycles. The highest BCUT2D eigenvalue weighted by Crippen LogP contribution is 2.57. The van der Waals surface area contributed by atoms with E-state index in [1.807, 2.05) is 41.5 Å². The molecule has 0 unspecified atom stereocenters. The molecule has 0 heterocycles. The minimum absolute atomic E-state index is 0.0444. The first-order valence-corrected chi connectivity index (χ1v) is 8.53. The van der Waals surface area contributed by atoms with E-state index in [-0.39, 0.29) is 10.8 Å². The molecule has 2 bridgehead atoms. The quantitative estimate of drug-likeness (QED) is 0.663. The van der Waals surface area contributed by atoms with E-state index in [2.05, 4.69) is 0 Å². The van der Waals surface area contributed by atoms with Gasteiger partial charge >= 0.3 is 0 Å². The maximum atomic E-state index is 11.6. The van der Waals surface area contributed by atoms with Crippen molar-refractivity contribution in [3.05, 3.63) is 0 Å². The Morgan fingerprint density at radius 2 is 0.700 bits per heavy atom. The van der Waals surface area contributed by atoms with Gasteiger partial charge in [0.25, 0.3) is 0 Å². The number of hydrogen-bond acceptors (Lipinski definition) is 2. The first-order valence-electron chi connectivity index (χ1n) is 8.53. The highest BCUT2D eigenvalue weighted by molar-refractivity contribution is 5.86. The molecule has 0 aromatic heterocycles. The molecule has 3 aliphatic carbocycles. The van der Waals surface area contributed by atoms with Gasteiger partial charge in [0.05, 0.1) is 0 Å². The van der Waals surface area contributed by atoms with Gasteiger partial charge in [-0.25, -0.2) is 0 Å². The Morgan fingerprint density at radius 3 is 0.800 bits per heavy atom. The summed E-state index contributed by atoms with van der Waals surface area (Å²) in [5, 5.41) is 0. The molecule has 0 aromatic rings. The Bertz CT molecular complexity index is 237. The highest BCUT2D eigenvalue weighted by Gasteiger charge is 2.52. The van der Waals surface area contributed by atoms with Crippen LogP contribution in [0.15, 0.2) is 0 Å². The van der Waals surface area contributed by atoms with Crippen molar-refractivity contribution in [2.45, 2.75) is 93.9 Å². The van der Waals surface area contributed by atoms with Crippen LogP contribution in [0, 0.1) is 10.8 Å². The summed E-state index contributed by atoms with van der Waals surface area (Å²) < 4.78 is 0. The smallest absolute Gasteiger partial charge is 0.135 e. The number of fused-ring (bicyclic) bond motifs is 3. The van der Waals surface area contributed by atoms with Crippen molar-refractivity contribution in [1.82, 2.24) is 0 Å². The van der Waals surface area contributed by atoms with Crippen LogP contribution in [0.2, 0.25) is 0 Å². The van der Waals surface area contributed by atoms with E-state index in [4.69, 9.17) is 0 Å². The summed E-state index contributed by atoms with van der Waals surface area (Å²) in [7, 11) is 0. The third-order valence-electron chi connectivity index (χ3n) is 4.74. The third-order valence-corrected chi connectivity index (χ3v) is 4.74. The summed E-state index contributed by atoms with van der Waals surface area (Å²) in [4.78, 5) is 23.1. The average molecular weight is 284 g/mol. The molecular weight excluding hydrogens is 248 g/mol. The Balaban J connectivity index is 0. The average Bonchev–Trinajstić information content (AvgIpc) is 2.54. The summed E-state index contributed by atoms with van der Waals surface area (Å²) in [5.41, 5.74) is -0.0889. The van der Waals surface area contributed by atoms with Crippen molar-refractivity contribution >= 4 is 11.6 Å². The molecule has 0 spiro atoms. The molecule has 0 saturated heterocycles. The van der Waals surface area contributed by atoms with Crippen LogP contribution in [-0.2, 0) is 9.59 Å². The minimum atomic E-state index is -0.0444. The maximum absolute atomic E-state index is 11.6. The van der Waals surface area contributed by atoms with Gasteiger partial charge in [-0.2, -0.15) is 0 Å². The number of carbonyl (C=O) groups is 2. The van der Waals surface area contributed by atoms with Gasteiger partial charge in [-0.3, -0.25) is 9.59 Å². The van der Waals surface area contributed by atoms with Crippen LogP contribution in [0.5, 0.6) is 0 Å². The van der Waals surface area contributed by atoms with Crippen molar-refractivity contribution in [3.8, 4) is 0 Å². The molecule has 3 aliphatic rings. The van der Waals surface area contributed by atoms with Crippen molar-refractivity contribution in [2.24, 2.45) is 10.8 Å². The van der Waals surface area contributed by atoms with Crippen LogP contribution in [0.1, 0.15) is 93.9 Å². The van der Waals surface area contributed by atoms with E-state index < -0.39 is 0 Å². The van der Waals surface area contributed by atoms with Crippen LogP contribution >= 0.6 is 0 Å². The van der Waals surface area contributed by atoms with Gasteiger partial charge in [0.15, 0.2) is 0 Å². The zero-order valence-corrected chi connectivity index (χ0v) is 15.1. The van der Waals surface area contributed by atoms with Crippen molar-refractivity contribution in [3.63, 3.8) is 0 Å². The standard InChI is InChI=1S/C12H18O2.3C2H6/c1-9(13)11-3-6-12(7-4-11,8-5-11)10(2)14;3*1-2/h3-8H2,1-2H3;3*1-2H3. The number of ketones is 2. The SMILES string of the molecule is CC.CC.CC.CC(=O)C12CCC(C(C)=O)(CC1)CC2. The Labute approximate surface area is 126 Å². The Hall–Kier alpha value is -0.660. The summed E-state index contributed by atoms with van der Waals surface area (Å²) in [6.45, 7) is 15.4. The summed E-state index contributed by atoms with van der Waals surface area (Å²) >= 11 is 0. The van der Waals surface area contributed by atoms with E-state index in [1.165, 1.54) is 0 Å². The van der Waals surface area contributed by atoms with Gasteiger partial charge in [0, 0.05) is 10.8 Å². The van der Waals surface area contributed by atoms with Crippen molar-refractivity contribution in [1.29, 1.82) is 0 Å². The second kappa shape index (κ2) is 10.1. The van der Waals surface area contributed by atoms with Crippen LogP contribution in [0.4, 0.5) is 0 Å². The molecular formula is C18H36O2. The molecule has 0 aromatic carbocycles. The number of rotatable bonds is 2. The monoisotopic (exact) mass is 284 g/mol. The maximum Gasteiger partial charge on any atom is 0.135 e. The fourth-order valence-corrected chi connectivity index (χ4v) is 3.24. The van der Waals surface area contributed by atoms with Crippen LogP contribution < -0.4 is 0 Å². The molecule has 2 heteroatoms. The molecule has 0 aliphatic heterocycles. The molecule has 0 N–H and O–H groups in total. The second-order valence-corrected chi connectivity index (χ2v) is 5.17. The van der Waals surface area contributed by atoms with Gasteiger partial charge in [0.1, 0.15) is 11.6 Å². The van der Waals surface area contributed by atoms with E-state index in [0.717, 1.165) is 38.5 Å². The minimum Gasteiger partial charge on any atom is -0.299 e. The predicted octanol–water partition coefficient (Wildman–Crippen LogP) is 5.58. The van der Waals surface area contributed by atoms with E-state index in [1.54, 1.807) is 13.8 Å². The lowest BCUT2D eigenvalue weighted by Crippen LogP contribution is -2.47. The van der Waals surface area contributed by atoms with E-state index in [0.29, 0.717) is 11.6 Å². The molecule has 0 radical (unpaired) electrons. The lowest BCUT2D eigenvalue weighted by atomic mass is 9.51. The molecule has 0 atom stereocenters. The molecule has 120 valence electrons. The Kier molecular flexibility index (Phi) is 11.0. The zero-order valence-electron chi connectivity index (χ0n) is 15.1. The van der Waals surface area contributed by atoms with Crippen molar-refractivity contribution in [2.75, 3.05) is 0 Å². The van der Waals surface area contributed by atoms with E-state index >= 15 is 0 Å². The lowest BCUT2D eigenvalue weighted by molar-refractivity contribution is -0.145. The highest BCUT2D eigenvalue weighted by atomic mass is 16.1. The van der Waals surface area contributed by atoms with Crippen LogP contribution in [0.25, 0.3) is 0 Å². The van der Waals surface area contributed by atoms with Gasteiger partial charge in [0.2, 0.25) is 0 Å². The topological polar surface area (TPSA) is 34.1 Å². The van der Waals surface area contributed by atoms with E-state index in [9.17, 15) is 9.59 Å². The van der Waals surface area contributed by atoms with Gasteiger partial charge in [-0.15, -0.1) is 0 Å². The van der Waals surface area contributed by atoms with Gasteiger partial charge < -0.3 is 0 Å². The largest absolute Gasteiger partial charge is 0.299 e. The normalized spacial score (nSPS) is 29.6. The Morgan fingerprint density at radius 1 is 0.550 bits per heavy atom. The van der Waals surface area contributed by atoms with Crippen LogP contribution in [0.3, 0.4) is 0 Å². The summed E-state index contributed by atoms with van der Waals surface area (Å²) in [6.07, 6.45) is 5.68. The van der Waals surface area contributed by atoms with Gasteiger partial charge in [-0.05, 0) is 52.4 Å². The molecule has 20 heavy (non-hydrogen) atoms. The predicted molar refractivity (Wildman–Crippen MR) is 88.0 cm³/mol. The zero-order chi connectivity index (χ0) is 16.4. The second-order valence-electron chi connectivity index (χ2n) is 5.17. The fraction of sp³-hybridized carbons (Fsp3) is 0.889. The number of hydrogen-bond donors (Lipinski definition) is 0. The molecule has 3 rings (SSSR count).